The number of anilines is 1. The molecule has 0 bridgehead atoms. The maximum Gasteiger partial charge on any atom is 0.236 e. The third-order valence-electron chi connectivity index (χ3n) is 4.83. The maximum atomic E-state index is 12.2. The van der Waals surface area contributed by atoms with E-state index in [1.807, 2.05) is 9.78 Å². The number of nitrogens with zero attached hydrogens (tertiary/aromatic N) is 5. The second-order valence-corrected chi connectivity index (χ2v) is 9.51. The number of thioether (sulfide) groups is 1. The van der Waals surface area contributed by atoms with Crippen LogP contribution in [0.2, 0.25) is 0 Å². The van der Waals surface area contributed by atoms with E-state index in [0.717, 1.165) is 41.0 Å². The summed E-state index contributed by atoms with van der Waals surface area (Å²) in [7, 11) is 0. The Hall–Kier alpha value is -2.04. The van der Waals surface area contributed by atoms with E-state index >= 15 is 0 Å². The molecule has 4 aromatic heterocycles. The van der Waals surface area contributed by atoms with Gasteiger partial charge in [0.2, 0.25) is 5.91 Å². The van der Waals surface area contributed by atoms with E-state index in [0.29, 0.717) is 10.3 Å². The molecular weight excluding hydrogens is 412 g/mol. The molecule has 144 valence electrons. The standard InChI is InChI=1S/C18H18N6OS3/c1-2-12-20-16-14(10-5-3-4-6-11(10)28-16)15-22-23-18(24(12)15)27-9-13(25)21-17-19-7-8-26-17/h7-8H,2-6,9H2,1H3,(H,19,21,25). The van der Waals surface area contributed by atoms with Crippen molar-refractivity contribution < 1.29 is 4.79 Å². The smallest absolute Gasteiger partial charge is 0.236 e. The molecule has 0 aromatic carbocycles. The number of hydrogen-bond donors (Lipinski definition) is 1. The van der Waals surface area contributed by atoms with Gasteiger partial charge in [-0.25, -0.2) is 9.97 Å². The molecule has 1 amide bonds. The molecule has 0 fully saturated rings. The first-order chi connectivity index (χ1) is 13.7. The van der Waals surface area contributed by atoms with Crippen molar-refractivity contribution in [3.05, 3.63) is 27.8 Å². The van der Waals surface area contributed by atoms with Crippen molar-refractivity contribution in [2.75, 3.05) is 11.1 Å². The van der Waals surface area contributed by atoms with Crippen LogP contribution >= 0.6 is 34.4 Å². The van der Waals surface area contributed by atoms with Crippen molar-refractivity contribution in [1.29, 1.82) is 0 Å². The Morgan fingerprint density at radius 1 is 1.32 bits per heavy atom. The predicted octanol–water partition coefficient (Wildman–Crippen LogP) is 3.97. The molecule has 7 nitrogen and oxygen atoms in total. The number of thiazole rings is 1. The lowest BCUT2D eigenvalue weighted by Gasteiger charge is -2.11. The molecule has 4 heterocycles. The van der Waals surface area contributed by atoms with Crippen LogP contribution in [-0.2, 0) is 24.1 Å². The molecule has 1 aliphatic carbocycles. The lowest BCUT2D eigenvalue weighted by Crippen LogP contribution is -2.14. The summed E-state index contributed by atoms with van der Waals surface area (Å²) in [4.78, 5) is 23.8. The summed E-state index contributed by atoms with van der Waals surface area (Å²) < 4.78 is 2.03. The van der Waals surface area contributed by atoms with Crippen LogP contribution in [0.25, 0.3) is 15.9 Å². The monoisotopic (exact) mass is 430 g/mol. The molecule has 4 aromatic rings. The lowest BCUT2D eigenvalue weighted by molar-refractivity contribution is -0.113. The third-order valence-corrected chi connectivity index (χ3v) is 7.63. The highest BCUT2D eigenvalue weighted by molar-refractivity contribution is 7.99. The van der Waals surface area contributed by atoms with Gasteiger partial charge in [0.25, 0.3) is 0 Å². The van der Waals surface area contributed by atoms with Crippen LogP contribution in [0.5, 0.6) is 0 Å². The Kier molecular flexibility index (Phi) is 4.77. The Morgan fingerprint density at radius 3 is 3.04 bits per heavy atom. The summed E-state index contributed by atoms with van der Waals surface area (Å²) in [5.41, 5.74) is 2.28. The zero-order valence-electron chi connectivity index (χ0n) is 15.3. The average molecular weight is 431 g/mol. The van der Waals surface area contributed by atoms with Crippen LogP contribution in [0.15, 0.2) is 16.7 Å². The van der Waals surface area contributed by atoms with Gasteiger partial charge < -0.3 is 5.32 Å². The van der Waals surface area contributed by atoms with Crippen LogP contribution in [0, 0.1) is 0 Å². The molecule has 1 N–H and O–H groups in total. The summed E-state index contributed by atoms with van der Waals surface area (Å²) in [6.45, 7) is 2.09. The van der Waals surface area contributed by atoms with Crippen molar-refractivity contribution in [2.24, 2.45) is 0 Å². The largest absolute Gasteiger partial charge is 0.301 e. The molecule has 0 unspecified atom stereocenters. The second-order valence-electron chi connectivity index (χ2n) is 6.59. The maximum absolute atomic E-state index is 12.2. The number of thiophene rings is 1. The Morgan fingerprint density at radius 2 is 2.21 bits per heavy atom. The van der Waals surface area contributed by atoms with Crippen LogP contribution in [0.3, 0.4) is 0 Å². The van der Waals surface area contributed by atoms with Gasteiger partial charge in [-0.05, 0) is 31.2 Å². The van der Waals surface area contributed by atoms with E-state index in [1.54, 1.807) is 17.5 Å². The fraction of sp³-hybridized carbons (Fsp3) is 0.389. The minimum absolute atomic E-state index is 0.100. The summed E-state index contributed by atoms with van der Waals surface area (Å²) in [5, 5.41) is 16.0. The van der Waals surface area contributed by atoms with E-state index < -0.39 is 0 Å². The number of aromatic nitrogens is 5. The zero-order chi connectivity index (χ0) is 19.1. The van der Waals surface area contributed by atoms with Gasteiger partial charge in [0.05, 0.1) is 11.1 Å². The first kappa shape index (κ1) is 18.0. The molecule has 0 aliphatic heterocycles. The fourth-order valence-electron chi connectivity index (χ4n) is 3.59. The number of aryl methyl sites for hydroxylation is 3. The van der Waals surface area contributed by atoms with Gasteiger partial charge in [-0.2, -0.15) is 0 Å². The first-order valence-electron chi connectivity index (χ1n) is 9.25. The highest BCUT2D eigenvalue weighted by atomic mass is 32.2. The highest BCUT2D eigenvalue weighted by Crippen LogP contribution is 2.38. The first-order valence-corrected chi connectivity index (χ1v) is 11.9. The van der Waals surface area contributed by atoms with E-state index in [4.69, 9.17) is 4.98 Å². The van der Waals surface area contributed by atoms with Crippen LogP contribution in [-0.4, -0.2) is 36.2 Å². The highest BCUT2D eigenvalue weighted by Gasteiger charge is 2.23. The van der Waals surface area contributed by atoms with Crippen LogP contribution in [0.1, 0.15) is 36.0 Å². The number of amides is 1. The van der Waals surface area contributed by atoms with Crippen molar-refractivity contribution in [3.63, 3.8) is 0 Å². The van der Waals surface area contributed by atoms with Gasteiger partial charge in [0.15, 0.2) is 15.9 Å². The van der Waals surface area contributed by atoms with Crippen molar-refractivity contribution in [2.45, 2.75) is 44.2 Å². The molecule has 0 saturated carbocycles. The molecule has 0 saturated heterocycles. The number of carbonyl (C=O) groups is 1. The predicted molar refractivity (Wildman–Crippen MR) is 114 cm³/mol. The fourth-order valence-corrected chi connectivity index (χ4v) is 6.17. The normalized spacial score (nSPS) is 13.9. The van der Waals surface area contributed by atoms with E-state index in [9.17, 15) is 4.79 Å². The average Bonchev–Trinajstić information content (AvgIpc) is 3.43. The SMILES string of the molecule is CCc1nc2sc3c(c2c2nnc(SCC(=O)Nc4nccs4)n12)CCCC3. The number of nitrogens with one attached hydrogen (secondary N) is 1. The van der Waals surface area contributed by atoms with Gasteiger partial charge in [-0.1, -0.05) is 18.7 Å². The van der Waals surface area contributed by atoms with Gasteiger partial charge in [0.1, 0.15) is 10.7 Å². The van der Waals surface area contributed by atoms with E-state index in [1.165, 1.54) is 46.4 Å². The van der Waals surface area contributed by atoms with Crippen molar-refractivity contribution in [3.8, 4) is 0 Å². The van der Waals surface area contributed by atoms with Crippen LogP contribution < -0.4 is 5.32 Å². The molecular formula is C18H18N6OS3. The second kappa shape index (κ2) is 7.41. The van der Waals surface area contributed by atoms with Gasteiger partial charge in [-0.15, -0.1) is 32.9 Å². The van der Waals surface area contributed by atoms with Gasteiger partial charge in [-0.3, -0.25) is 9.20 Å². The summed E-state index contributed by atoms with van der Waals surface area (Å²) in [6.07, 6.45) is 7.14. The van der Waals surface area contributed by atoms with E-state index in [2.05, 4.69) is 27.4 Å². The van der Waals surface area contributed by atoms with Crippen molar-refractivity contribution >= 4 is 61.3 Å². The van der Waals surface area contributed by atoms with Crippen molar-refractivity contribution in [1.82, 2.24) is 24.6 Å². The number of carbonyl (C=O) groups excluding carboxylic acids is 1. The Bertz CT molecular complexity index is 1160. The lowest BCUT2D eigenvalue weighted by atomic mass is 9.97. The summed E-state index contributed by atoms with van der Waals surface area (Å²) in [5.74, 6) is 1.09. The summed E-state index contributed by atoms with van der Waals surface area (Å²) in [6, 6.07) is 0. The number of rotatable bonds is 5. The number of hydrogen-bond acceptors (Lipinski definition) is 8. The molecule has 1 aliphatic rings. The minimum Gasteiger partial charge on any atom is -0.301 e. The third kappa shape index (κ3) is 3.09. The molecule has 0 atom stereocenters. The Labute approximate surface area is 173 Å². The molecule has 28 heavy (non-hydrogen) atoms. The number of fused-ring (bicyclic) bond motifs is 5. The zero-order valence-corrected chi connectivity index (χ0v) is 17.7. The van der Waals surface area contributed by atoms with Crippen LogP contribution in [0.4, 0.5) is 5.13 Å². The molecule has 0 spiro atoms. The Balaban J connectivity index is 1.50. The molecule has 0 radical (unpaired) electrons. The van der Waals surface area contributed by atoms with Gasteiger partial charge >= 0.3 is 0 Å². The molecule has 10 heteroatoms. The summed E-state index contributed by atoms with van der Waals surface area (Å²) >= 11 is 4.59. The topological polar surface area (TPSA) is 85.1 Å². The molecule has 5 rings (SSSR count). The minimum atomic E-state index is -0.100. The quantitative estimate of drug-likeness (QED) is 0.482. The van der Waals surface area contributed by atoms with E-state index in [-0.39, 0.29) is 11.7 Å². The van der Waals surface area contributed by atoms with Gasteiger partial charge in [0, 0.05) is 22.9 Å².